The van der Waals surface area contributed by atoms with Crippen LogP contribution in [0.2, 0.25) is 5.02 Å². The predicted octanol–water partition coefficient (Wildman–Crippen LogP) is 4.51. The number of nitrogens with one attached hydrogen (secondary N) is 2. The second-order valence-electron chi connectivity index (χ2n) is 6.99. The third-order valence-corrected chi connectivity index (χ3v) is 4.96. The summed E-state index contributed by atoms with van der Waals surface area (Å²) in [7, 11) is 1.34. The molecule has 0 saturated heterocycles. The molecule has 1 aromatic heterocycles. The van der Waals surface area contributed by atoms with E-state index in [1.807, 2.05) is 43.3 Å². The standard InChI is InChI=1S/C23H25ClN2O4/c1-15(25-14-21(27)17-4-3-5-18(24)12-17)13-26-19-8-6-16(7-9-19)22-20(10-11-30-22)23(28)29-2/h3-12,15,21,25-27H,13-14H2,1-2H3/t15-,21+/m1/s1. The van der Waals surface area contributed by atoms with Crippen LogP contribution in [0.15, 0.2) is 65.3 Å². The molecule has 2 aromatic carbocycles. The van der Waals surface area contributed by atoms with Gasteiger partial charge >= 0.3 is 5.97 Å². The molecule has 6 nitrogen and oxygen atoms in total. The third kappa shape index (κ3) is 5.63. The normalized spacial score (nSPS) is 12.9. The van der Waals surface area contributed by atoms with Crippen LogP contribution in [0, 0.1) is 0 Å². The Morgan fingerprint density at radius 1 is 1.17 bits per heavy atom. The topological polar surface area (TPSA) is 83.7 Å². The van der Waals surface area contributed by atoms with E-state index in [0.29, 0.717) is 29.4 Å². The Labute approximate surface area is 180 Å². The van der Waals surface area contributed by atoms with E-state index >= 15 is 0 Å². The Morgan fingerprint density at radius 3 is 2.63 bits per heavy atom. The summed E-state index contributed by atoms with van der Waals surface area (Å²) in [5, 5.41) is 17.6. The van der Waals surface area contributed by atoms with Gasteiger partial charge < -0.3 is 24.9 Å². The van der Waals surface area contributed by atoms with E-state index in [-0.39, 0.29) is 6.04 Å². The maximum absolute atomic E-state index is 11.8. The van der Waals surface area contributed by atoms with Gasteiger partial charge in [-0.15, -0.1) is 0 Å². The van der Waals surface area contributed by atoms with Crippen LogP contribution in [0.5, 0.6) is 0 Å². The minimum Gasteiger partial charge on any atom is -0.465 e. The van der Waals surface area contributed by atoms with Gasteiger partial charge in [0.2, 0.25) is 0 Å². The summed E-state index contributed by atoms with van der Waals surface area (Å²) >= 11 is 5.97. The van der Waals surface area contributed by atoms with Gasteiger partial charge in [0.05, 0.1) is 19.5 Å². The average molecular weight is 429 g/mol. The number of esters is 1. The number of methoxy groups -OCH3 is 1. The highest BCUT2D eigenvalue weighted by Crippen LogP contribution is 2.26. The molecule has 0 unspecified atom stereocenters. The Kier molecular flexibility index (Phi) is 7.52. The number of furan rings is 1. The zero-order chi connectivity index (χ0) is 21.5. The molecule has 0 aliphatic heterocycles. The van der Waals surface area contributed by atoms with Gasteiger partial charge in [0.1, 0.15) is 11.3 Å². The molecule has 0 aliphatic rings. The number of benzene rings is 2. The Morgan fingerprint density at radius 2 is 1.93 bits per heavy atom. The first-order valence-corrected chi connectivity index (χ1v) is 10.0. The lowest BCUT2D eigenvalue weighted by atomic mass is 10.1. The Hall–Kier alpha value is -2.80. The fraction of sp³-hybridized carbons (Fsp3) is 0.261. The maximum atomic E-state index is 11.8. The molecule has 0 radical (unpaired) electrons. The second kappa shape index (κ2) is 10.3. The number of ether oxygens (including phenoxy) is 1. The molecular weight excluding hydrogens is 404 g/mol. The van der Waals surface area contributed by atoms with Crippen LogP contribution in [-0.2, 0) is 4.74 Å². The number of anilines is 1. The van der Waals surface area contributed by atoms with Gasteiger partial charge in [0.15, 0.2) is 0 Å². The van der Waals surface area contributed by atoms with Gasteiger partial charge in [-0.05, 0) is 55.0 Å². The molecule has 30 heavy (non-hydrogen) atoms. The number of aliphatic hydroxyl groups excluding tert-OH is 1. The molecule has 0 spiro atoms. The van der Waals surface area contributed by atoms with E-state index in [4.69, 9.17) is 20.8 Å². The number of rotatable bonds is 9. The van der Waals surface area contributed by atoms with Crippen molar-refractivity contribution in [2.75, 3.05) is 25.5 Å². The third-order valence-electron chi connectivity index (χ3n) is 4.72. The van der Waals surface area contributed by atoms with Gasteiger partial charge in [-0.1, -0.05) is 23.7 Å². The molecule has 3 aromatic rings. The molecule has 3 N–H and O–H groups in total. The van der Waals surface area contributed by atoms with Crippen LogP contribution in [0.25, 0.3) is 11.3 Å². The van der Waals surface area contributed by atoms with Crippen molar-refractivity contribution >= 4 is 23.3 Å². The smallest absolute Gasteiger partial charge is 0.341 e. The van der Waals surface area contributed by atoms with Crippen molar-refractivity contribution < 1.29 is 19.1 Å². The predicted molar refractivity (Wildman–Crippen MR) is 118 cm³/mol. The van der Waals surface area contributed by atoms with Crippen molar-refractivity contribution in [1.29, 1.82) is 0 Å². The van der Waals surface area contributed by atoms with E-state index in [9.17, 15) is 9.90 Å². The highest BCUT2D eigenvalue weighted by molar-refractivity contribution is 6.30. The highest BCUT2D eigenvalue weighted by atomic mass is 35.5. The molecule has 0 aliphatic carbocycles. The van der Waals surface area contributed by atoms with Crippen molar-refractivity contribution in [3.05, 3.63) is 77.0 Å². The van der Waals surface area contributed by atoms with Crippen LogP contribution >= 0.6 is 11.6 Å². The van der Waals surface area contributed by atoms with E-state index in [1.165, 1.54) is 13.4 Å². The number of halogens is 1. The number of aliphatic hydroxyl groups is 1. The Bertz CT molecular complexity index is 971. The van der Waals surface area contributed by atoms with Crippen LogP contribution in [0.4, 0.5) is 5.69 Å². The van der Waals surface area contributed by atoms with Crippen LogP contribution in [0.1, 0.15) is 28.9 Å². The quantitative estimate of drug-likeness (QED) is 0.435. The molecule has 0 bridgehead atoms. The van der Waals surface area contributed by atoms with Gasteiger partial charge in [0.25, 0.3) is 0 Å². The lowest BCUT2D eigenvalue weighted by molar-refractivity contribution is 0.0601. The molecule has 0 fully saturated rings. The van der Waals surface area contributed by atoms with Gasteiger partial charge in [-0.3, -0.25) is 0 Å². The maximum Gasteiger partial charge on any atom is 0.341 e. The van der Waals surface area contributed by atoms with Crippen molar-refractivity contribution in [3.8, 4) is 11.3 Å². The zero-order valence-electron chi connectivity index (χ0n) is 16.9. The first-order chi connectivity index (χ1) is 14.5. The molecular formula is C23H25ClN2O4. The fourth-order valence-electron chi connectivity index (χ4n) is 3.03. The van der Waals surface area contributed by atoms with E-state index in [2.05, 4.69) is 10.6 Å². The van der Waals surface area contributed by atoms with Crippen LogP contribution in [0.3, 0.4) is 0 Å². The van der Waals surface area contributed by atoms with Gasteiger partial charge in [-0.25, -0.2) is 4.79 Å². The molecule has 1 heterocycles. The monoisotopic (exact) mass is 428 g/mol. The molecule has 158 valence electrons. The molecule has 3 rings (SSSR count). The number of carbonyl (C=O) groups is 1. The summed E-state index contributed by atoms with van der Waals surface area (Å²) in [6.07, 6.45) is 0.849. The SMILES string of the molecule is COC(=O)c1ccoc1-c1ccc(NC[C@@H](C)NC[C@H](O)c2cccc(Cl)c2)cc1. The first-order valence-electron chi connectivity index (χ1n) is 9.65. The van der Waals surface area contributed by atoms with Crippen LogP contribution in [-0.4, -0.2) is 37.3 Å². The van der Waals surface area contributed by atoms with E-state index < -0.39 is 12.1 Å². The zero-order valence-corrected chi connectivity index (χ0v) is 17.6. The summed E-state index contributed by atoms with van der Waals surface area (Å²) in [4.78, 5) is 11.8. The van der Waals surface area contributed by atoms with E-state index in [0.717, 1.165) is 16.8 Å². The minimum absolute atomic E-state index is 0.134. The number of hydrogen-bond donors (Lipinski definition) is 3. The lowest BCUT2D eigenvalue weighted by Crippen LogP contribution is -2.35. The number of carbonyl (C=O) groups excluding carboxylic acids is 1. The minimum atomic E-state index is -0.622. The Balaban J connectivity index is 1.50. The van der Waals surface area contributed by atoms with Crippen molar-refractivity contribution in [1.82, 2.24) is 5.32 Å². The summed E-state index contributed by atoms with van der Waals surface area (Å²) in [5.74, 6) is 0.0549. The number of hydrogen-bond acceptors (Lipinski definition) is 6. The highest BCUT2D eigenvalue weighted by Gasteiger charge is 2.16. The average Bonchev–Trinajstić information content (AvgIpc) is 3.25. The van der Waals surface area contributed by atoms with Crippen LogP contribution < -0.4 is 10.6 Å². The fourth-order valence-corrected chi connectivity index (χ4v) is 3.23. The molecule has 0 amide bonds. The lowest BCUT2D eigenvalue weighted by Gasteiger charge is -2.18. The van der Waals surface area contributed by atoms with Gasteiger partial charge in [-0.2, -0.15) is 0 Å². The molecule has 7 heteroatoms. The second-order valence-corrected chi connectivity index (χ2v) is 7.43. The molecule has 0 saturated carbocycles. The largest absolute Gasteiger partial charge is 0.465 e. The van der Waals surface area contributed by atoms with Crippen molar-refractivity contribution in [2.45, 2.75) is 19.1 Å². The van der Waals surface area contributed by atoms with Crippen molar-refractivity contribution in [2.24, 2.45) is 0 Å². The summed E-state index contributed by atoms with van der Waals surface area (Å²) in [5.41, 5.74) is 2.92. The van der Waals surface area contributed by atoms with E-state index in [1.54, 1.807) is 18.2 Å². The van der Waals surface area contributed by atoms with Gasteiger partial charge in [0, 0.05) is 35.4 Å². The summed E-state index contributed by atoms with van der Waals surface area (Å²) in [6.45, 7) is 3.14. The summed E-state index contributed by atoms with van der Waals surface area (Å²) in [6, 6.07) is 16.6. The summed E-state index contributed by atoms with van der Waals surface area (Å²) < 4.78 is 10.2. The first kappa shape index (κ1) is 21.9. The molecule has 2 atom stereocenters. The van der Waals surface area contributed by atoms with Crippen molar-refractivity contribution in [3.63, 3.8) is 0 Å².